The van der Waals surface area contributed by atoms with E-state index in [-0.39, 0.29) is 5.91 Å². The molecular formula is C14H16ClNO2. The molecule has 2 aliphatic rings. The second-order valence-corrected chi connectivity index (χ2v) is 5.80. The lowest BCUT2D eigenvalue weighted by Crippen LogP contribution is -2.65. The highest BCUT2D eigenvalue weighted by molar-refractivity contribution is 6.31. The van der Waals surface area contributed by atoms with Gasteiger partial charge in [-0.3, -0.25) is 4.79 Å². The fourth-order valence-corrected chi connectivity index (χ4v) is 2.79. The van der Waals surface area contributed by atoms with Crippen molar-refractivity contribution < 1.29 is 9.90 Å². The molecule has 3 nitrogen and oxygen atoms in total. The quantitative estimate of drug-likeness (QED) is 0.906. The van der Waals surface area contributed by atoms with Crippen molar-refractivity contribution in [1.82, 2.24) is 4.90 Å². The SMILES string of the molecule is O=C(Cc1ccccc1Cl)N1CC(O)(C2CC2)C1. The summed E-state index contributed by atoms with van der Waals surface area (Å²) in [6.45, 7) is 0.974. The fraction of sp³-hybridized carbons (Fsp3) is 0.500. The Labute approximate surface area is 111 Å². The fourth-order valence-electron chi connectivity index (χ4n) is 2.59. The van der Waals surface area contributed by atoms with Gasteiger partial charge in [-0.2, -0.15) is 0 Å². The van der Waals surface area contributed by atoms with Crippen molar-refractivity contribution in [2.24, 2.45) is 5.92 Å². The van der Waals surface area contributed by atoms with Crippen LogP contribution in [0, 0.1) is 5.92 Å². The van der Waals surface area contributed by atoms with Gasteiger partial charge in [-0.15, -0.1) is 0 Å². The molecule has 1 aromatic rings. The van der Waals surface area contributed by atoms with Gasteiger partial charge in [0.05, 0.1) is 19.5 Å². The van der Waals surface area contributed by atoms with Crippen LogP contribution in [0.4, 0.5) is 0 Å². The van der Waals surface area contributed by atoms with Gasteiger partial charge in [0.1, 0.15) is 5.60 Å². The van der Waals surface area contributed by atoms with Gasteiger partial charge < -0.3 is 10.0 Å². The summed E-state index contributed by atoms with van der Waals surface area (Å²) < 4.78 is 0. The summed E-state index contributed by atoms with van der Waals surface area (Å²) >= 11 is 6.03. The van der Waals surface area contributed by atoms with Gasteiger partial charge in [0.25, 0.3) is 0 Å². The van der Waals surface area contributed by atoms with E-state index in [0.29, 0.717) is 30.5 Å². The average Bonchev–Trinajstić information content (AvgIpc) is 3.12. The Hall–Kier alpha value is -1.06. The molecule has 0 bridgehead atoms. The number of likely N-dealkylation sites (tertiary alicyclic amines) is 1. The van der Waals surface area contributed by atoms with Crippen LogP contribution in [0.15, 0.2) is 24.3 Å². The molecular weight excluding hydrogens is 250 g/mol. The third kappa shape index (κ3) is 2.13. The number of aliphatic hydroxyl groups is 1. The second kappa shape index (κ2) is 4.25. The Morgan fingerprint density at radius 1 is 1.39 bits per heavy atom. The average molecular weight is 266 g/mol. The lowest BCUT2D eigenvalue weighted by Gasteiger charge is -2.47. The smallest absolute Gasteiger partial charge is 0.227 e. The Morgan fingerprint density at radius 2 is 2.06 bits per heavy atom. The maximum Gasteiger partial charge on any atom is 0.227 e. The number of nitrogens with zero attached hydrogens (tertiary/aromatic N) is 1. The Balaban J connectivity index is 1.59. The minimum atomic E-state index is -0.601. The van der Waals surface area contributed by atoms with Gasteiger partial charge >= 0.3 is 0 Å². The highest BCUT2D eigenvalue weighted by Gasteiger charge is 2.53. The molecule has 1 aromatic carbocycles. The predicted molar refractivity (Wildman–Crippen MR) is 69.4 cm³/mol. The molecule has 1 saturated heterocycles. The molecule has 3 rings (SSSR count). The third-order valence-corrected chi connectivity index (χ3v) is 4.29. The Kier molecular flexibility index (Phi) is 2.83. The van der Waals surface area contributed by atoms with E-state index >= 15 is 0 Å². The molecule has 4 heteroatoms. The molecule has 1 aliphatic heterocycles. The lowest BCUT2D eigenvalue weighted by molar-refractivity contribution is -0.158. The number of amides is 1. The van der Waals surface area contributed by atoms with E-state index in [2.05, 4.69) is 0 Å². The number of β-amino-alcohol motifs (C(OH)–C–C–N with tert-alkyl or cyclic N) is 1. The van der Waals surface area contributed by atoms with Gasteiger partial charge in [-0.1, -0.05) is 29.8 Å². The molecule has 2 fully saturated rings. The number of carbonyl (C=O) groups excluding carboxylic acids is 1. The van der Waals surface area contributed by atoms with Gasteiger partial charge in [-0.05, 0) is 30.4 Å². The van der Waals surface area contributed by atoms with E-state index in [4.69, 9.17) is 11.6 Å². The van der Waals surface area contributed by atoms with Gasteiger partial charge in [0.15, 0.2) is 0 Å². The topological polar surface area (TPSA) is 40.5 Å². The first-order chi connectivity index (χ1) is 8.58. The van der Waals surface area contributed by atoms with Crippen LogP contribution in [0.2, 0.25) is 5.02 Å². The summed E-state index contributed by atoms with van der Waals surface area (Å²) in [5.74, 6) is 0.468. The Bertz CT molecular complexity index is 478. The van der Waals surface area contributed by atoms with Crippen molar-refractivity contribution in [2.45, 2.75) is 24.9 Å². The Morgan fingerprint density at radius 3 is 2.67 bits per heavy atom. The largest absolute Gasteiger partial charge is 0.386 e. The summed E-state index contributed by atoms with van der Waals surface area (Å²) in [5.41, 5.74) is 0.252. The van der Waals surface area contributed by atoms with Crippen LogP contribution in [-0.2, 0) is 11.2 Å². The first-order valence-corrected chi connectivity index (χ1v) is 6.70. The monoisotopic (exact) mass is 265 g/mol. The van der Waals surface area contributed by atoms with E-state index in [0.717, 1.165) is 18.4 Å². The number of hydrogen-bond acceptors (Lipinski definition) is 2. The molecule has 0 aromatic heterocycles. The van der Waals surface area contributed by atoms with Crippen molar-refractivity contribution in [1.29, 1.82) is 0 Å². The summed E-state index contributed by atoms with van der Waals surface area (Å²) in [6.07, 6.45) is 2.52. The predicted octanol–water partition coefficient (Wildman–Crippen LogP) is 1.87. The van der Waals surface area contributed by atoms with E-state index in [1.165, 1.54) is 0 Å². The van der Waals surface area contributed by atoms with Crippen LogP contribution in [0.25, 0.3) is 0 Å². The van der Waals surface area contributed by atoms with Gasteiger partial charge in [0.2, 0.25) is 5.91 Å². The maximum absolute atomic E-state index is 12.0. The zero-order valence-corrected chi connectivity index (χ0v) is 10.9. The van der Waals surface area contributed by atoms with E-state index in [9.17, 15) is 9.90 Å². The molecule has 1 amide bonds. The maximum atomic E-state index is 12.0. The summed E-state index contributed by atoms with van der Waals surface area (Å²) in [5, 5.41) is 10.8. The van der Waals surface area contributed by atoms with Crippen LogP contribution >= 0.6 is 11.6 Å². The second-order valence-electron chi connectivity index (χ2n) is 5.40. The lowest BCUT2D eigenvalue weighted by atomic mass is 9.88. The number of rotatable bonds is 3. The van der Waals surface area contributed by atoms with Crippen LogP contribution in [-0.4, -0.2) is 34.6 Å². The standard InChI is InChI=1S/C14H16ClNO2/c15-12-4-2-1-3-10(12)7-13(17)16-8-14(18,9-16)11-5-6-11/h1-4,11,18H,5-9H2. The normalized spacial score (nSPS) is 21.6. The minimum Gasteiger partial charge on any atom is -0.386 e. The van der Waals surface area contributed by atoms with Crippen LogP contribution in [0.3, 0.4) is 0 Å². The molecule has 1 saturated carbocycles. The van der Waals surface area contributed by atoms with Crippen LogP contribution in [0.1, 0.15) is 18.4 Å². The van der Waals surface area contributed by atoms with Crippen LogP contribution in [0.5, 0.6) is 0 Å². The zero-order valence-electron chi connectivity index (χ0n) is 10.1. The van der Waals surface area contributed by atoms with Gasteiger partial charge in [0, 0.05) is 5.02 Å². The molecule has 1 heterocycles. The highest BCUT2D eigenvalue weighted by Crippen LogP contribution is 2.44. The molecule has 0 unspecified atom stereocenters. The molecule has 0 atom stereocenters. The molecule has 0 spiro atoms. The number of hydrogen-bond donors (Lipinski definition) is 1. The third-order valence-electron chi connectivity index (χ3n) is 3.92. The van der Waals surface area contributed by atoms with Crippen molar-refractivity contribution in [2.75, 3.05) is 13.1 Å². The number of benzene rings is 1. The van der Waals surface area contributed by atoms with Gasteiger partial charge in [-0.25, -0.2) is 0 Å². The summed E-state index contributed by atoms with van der Waals surface area (Å²) in [4.78, 5) is 13.8. The first-order valence-electron chi connectivity index (χ1n) is 6.32. The van der Waals surface area contributed by atoms with E-state index in [1.807, 2.05) is 18.2 Å². The zero-order chi connectivity index (χ0) is 12.8. The van der Waals surface area contributed by atoms with E-state index in [1.54, 1.807) is 11.0 Å². The van der Waals surface area contributed by atoms with Crippen molar-refractivity contribution in [3.63, 3.8) is 0 Å². The first kappa shape index (κ1) is 12.0. The summed E-state index contributed by atoms with van der Waals surface area (Å²) in [7, 11) is 0. The van der Waals surface area contributed by atoms with E-state index < -0.39 is 5.60 Å². The number of carbonyl (C=O) groups is 1. The summed E-state index contributed by atoms with van der Waals surface area (Å²) in [6, 6.07) is 7.39. The highest BCUT2D eigenvalue weighted by atomic mass is 35.5. The molecule has 18 heavy (non-hydrogen) atoms. The number of halogens is 1. The molecule has 0 radical (unpaired) electrons. The molecule has 1 N–H and O–H groups in total. The minimum absolute atomic E-state index is 0.0495. The van der Waals surface area contributed by atoms with Crippen molar-refractivity contribution in [3.8, 4) is 0 Å². The molecule has 96 valence electrons. The van der Waals surface area contributed by atoms with Crippen molar-refractivity contribution in [3.05, 3.63) is 34.9 Å². The van der Waals surface area contributed by atoms with Crippen molar-refractivity contribution >= 4 is 17.5 Å². The molecule has 1 aliphatic carbocycles. The van der Waals surface area contributed by atoms with Crippen LogP contribution < -0.4 is 0 Å².